The number of hydrogen-bond acceptors (Lipinski definition) is 5. The third-order valence-corrected chi connectivity index (χ3v) is 2.80. The topological polar surface area (TPSA) is 81.0 Å². The van der Waals surface area contributed by atoms with E-state index >= 15 is 0 Å². The monoisotopic (exact) mass is 316 g/mol. The van der Waals surface area contributed by atoms with Gasteiger partial charge in [0, 0.05) is 5.02 Å². The Morgan fingerprint density at radius 1 is 1.35 bits per heavy atom. The Labute approximate surface area is 122 Å². The summed E-state index contributed by atoms with van der Waals surface area (Å²) in [6.45, 7) is 1.41. The first-order chi connectivity index (χ1) is 9.38. The predicted octanol–water partition coefficient (Wildman–Crippen LogP) is 3.88. The first-order valence-corrected chi connectivity index (χ1v) is 6.04. The normalized spacial score (nSPS) is 10.4. The van der Waals surface area contributed by atoms with Gasteiger partial charge in [0.05, 0.1) is 10.6 Å². The van der Waals surface area contributed by atoms with Crippen molar-refractivity contribution < 1.29 is 9.31 Å². The van der Waals surface area contributed by atoms with Crippen molar-refractivity contribution in [3.63, 3.8) is 0 Å². The maximum Gasteiger partial charge on any atom is 0.332 e. The SMILES string of the molecule is Cc1nc(Cl)nc(Nc2ccc(Cl)cc2F)c1[N+](=O)[O-]. The van der Waals surface area contributed by atoms with Crippen LogP contribution in [-0.4, -0.2) is 14.9 Å². The molecule has 0 saturated carbocycles. The van der Waals surface area contributed by atoms with Crippen LogP contribution in [0.15, 0.2) is 18.2 Å². The van der Waals surface area contributed by atoms with Gasteiger partial charge in [-0.2, -0.15) is 4.98 Å². The van der Waals surface area contributed by atoms with Gasteiger partial charge in [-0.3, -0.25) is 10.1 Å². The van der Waals surface area contributed by atoms with Crippen molar-refractivity contribution in [2.75, 3.05) is 5.32 Å². The summed E-state index contributed by atoms with van der Waals surface area (Å²) in [5, 5.41) is 13.6. The van der Waals surface area contributed by atoms with Gasteiger partial charge in [0.1, 0.15) is 11.5 Å². The maximum atomic E-state index is 13.7. The zero-order chi connectivity index (χ0) is 14.9. The van der Waals surface area contributed by atoms with E-state index in [4.69, 9.17) is 23.2 Å². The Morgan fingerprint density at radius 2 is 2.05 bits per heavy atom. The molecule has 1 N–H and O–H groups in total. The summed E-state index contributed by atoms with van der Waals surface area (Å²) in [5.74, 6) is -0.854. The zero-order valence-electron chi connectivity index (χ0n) is 10.0. The molecule has 2 aromatic rings. The molecule has 0 aliphatic rings. The number of rotatable bonds is 3. The average molecular weight is 317 g/mol. The molecule has 0 fully saturated rings. The molecule has 1 aromatic heterocycles. The Kier molecular flexibility index (Phi) is 4.01. The van der Waals surface area contributed by atoms with E-state index in [1.807, 2.05) is 0 Å². The van der Waals surface area contributed by atoms with Crippen LogP contribution < -0.4 is 5.32 Å². The van der Waals surface area contributed by atoms with Crippen LogP contribution in [0.25, 0.3) is 0 Å². The molecule has 0 spiro atoms. The van der Waals surface area contributed by atoms with Gasteiger partial charge in [0.25, 0.3) is 0 Å². The summed E-state index contributed by atoms with van der Waals surface area (Å²) < 4.78 is 13.7. The molecule has 104 valence electrons. The second kappa shape index (κ2) is 5.56. The molecular formula is C11H7Cl2FN4O2. The molecule has 0 aliphatic heterocycles. The van der Waals surface area contributed by atoms with Crippen molar-refractivity contribution in [3.05, 3.63) is 50.1 Å². The number of anilines is 2. The number of halogens is 3. The molecule has 0 radical (unpaired) electrons. The molecule has 1 heterocycles. The molecule has 9 heteroatoms. The lowest BCUT2D eigenvalue weighted by molar-refractivity contribution is -0.385. The fourth-order valence-corrected chi connectivity index (χ4v) is 1.93. The summed E-state index contributed by atoms with van der Waals surface area (Å²) in [6.07, 6.45) is 0. The van der Waals surface area contributed by atoms with E-state index in [9.17, 15) is 14.5 Å². The number of nitro groups is 1. The van der Waals surface area contributed by atoms with Gasteiger partial charge in [0.2, 0.25) is 11.1 Å². The minimum absolute atomic E-state index is 0.00772. The van der Waals surface area contributed by atoms with Crippen LogP contribution in [0, 0.1) is 22.9 Å². The number of hydrogen-bond donors (Lipinski definition) is 1. The maximum absolute atomic E-state index is 13.7. The molecular weight excluding hydrogens is 310 g/mol. The smallest absolute Gasteiger partial charge is 0.332 e. The molecule has 0 bridgehead atoms. The van der Waals surface area contributed by atoms with E-state index < -0.39 is 10.7 Å². The molecule has 0 saturated heterocycles. The second-order valence-electron chi connectivity index (χ2n) is 3.78. The summed E-state index contributed by atoms with van der Waals surface area (Å²) >= 11 is 11.3. The average Bonchev–Trinajstić information content (AvgIpc) is 2.31. The van der Waals surface area contributed by atoms with Crippen LogP contribution in [-0.2, 0) is 0 Å². The summed E-state index contributed by atoms with van der Waals surface area (Å²) in [5.41, 5.74) is -0.303. The van der Waals surface area contributed by atoms with Gasteiger partial charge in [-0.1, -0.05) is 11.6 Å². The van der Waals surface area contributed by atoms with E-state index in [-0.39, 0.29) is 33.2 Å². The largest absolute Gasteiger partial charge is 0.332 e. The Morgan fingerprint density at radius 3 is 2.65 bits per heavy atom. The van der Waals surface area contributed by atoms with Crippen LogP contribution in [0.3, 0.4) is 0 Å². The third-order valence-electron chi connectivity index (χ3n) is 2.40. The highest BCUT2D eigenvalue weighted by molar-refractivity contribution is 6.30. The van der Waals surface area contributed by atoms with Crippen molar-refractivity contribution in [3.8, 4) is 0 Å². The summed E-state index contributed by atoms with van der Waals surface area (Å²) in [7, 11) is 0. The van der Waals surface area contributed by atoms with Gasteiger partial charge >= 0.3 is 5.69 Å². The van der Waals surface area contributed by atoms with Crippen LogP contribution in [0.2, 0.25) is 10.3 Å². The standard InChI is InChI=1S/C11H7Cl2FN4O2/c1-5-9(18(19)20)10(17-11(13)15-5)16-8-3-2-6(12)4-7(8)14/h2-4H,1H3,(H,15,16,17). The van der Waals surface area contributed by atoms with Crippen molar-refractivity contribution in [2.45, 2.75) is 6.92 Å². The number of nitrogens with one attached hydrogen (secondary N) is 1. The van der Waals surface area contributed by atoms with E-state index in [1.165, 1.54) is 19.1 Å². The van der Waals surface area contributed by atoms with Crippen LogP contribution in [0.4, 0.5) is 21.6 Å². The van der Waals surface area contributed by atoms with Gasteiger partial charge < -0.3 is 5.32 Å². The molecule has 0 amide bonds. The lowest BCUT2D eigenvalue weighted by Crippen LogP contribution is -2.05. The molecule has 20 heavy (non-hydrogen) atoms. The molecule has 0 atom stereocenters. The first kappa shape index (κ1) is 14.4. The first-order valence-electron chi connectivity index (χ1n) is 5.29. The van der Waals surface area contributed by atoms with E-state index in [0.29, 0.717) is 0 Å². The highest BCUT2D eigenvalue weighted by Gasteiger charge is 2.22. The summed E-state index contributed by atoms with van der Waals surface area (Å²) in [6, 6.07) is 3.85. The van der Waals surface area contributed by atoms with E-state index in [2.05, 4.69) is 15.3 Å². The zero-order valence-corrected chi connectivity index (χ0v) is 11.5. The van der Waals surface area contributed by atoms with Crippen molar-refractivity contribution in [1.29, 1.82) is 0 Å². The van der Waals surface area contributed by atoms with Crippen molar-refractivity contribution in [2.24, 2.45) is 0 Å². The predicted molar refractivity (Wildman–Crippen MR) is 73.1 cm³/mol. The Hall–Kier alpha value is -1.99. The number of aromatic nitrogens is 2. The van der Waals surface area contributed by atoms with Crippen molar-refractivity contribution >= 4 is 40.4 Å². The molecule has 0 unspecified atom stereocenters. The summed E-state index contributed by atoms with van der Waals surface area (Å²) in [4.78, 5) is 17.8. The quantitative estimate of drug-likeness (QED) is 0.528. The fourth-order valence-electron chi connectivity index (χ4n) is 1.56. The van der Waals surface area contributed by atoms with Gasteiger partial charge in [-0.05, 0) is 36.7 Å². The van der Waals surface area contributed by atoms with Crippen LogP contribution in [0.5, 0.6) is 0 Å². The van der Waals surface area contributed by atoms with Gasteiger partial charge in [-0.15, -0.1) is 0 Å². The van der Waals surface area contributed by atoms with Crippen LogP contribution in [0.1, 0.15) is 5.69 Å². The molecule has 6 nitrogen and oxygen atoms in total. The second-order valence-corrected chi connectivity index (χ2v) is 4.56. The van der Waals surface area contributed by atoms with Gasteiger partial charge in [-0.25, -0.2) is 9.37 Å². The Bertz CT molecular complexity index is 696. The Balaban J connectivity index is 2.50. The highest BCUT2D eigenvalue weighted by Crippen LogP contribution is 2.30. The van der Waals surface area contributed by atoms with Crippen LogP contribution >= 0.6 is 23.2 Å². The minimum Gasteiger partial charge on any atom is -0.332 e. The molecule has 1 aromatic carbocycles. The lowest BCUT2D eigenvalue weighted by atomic mass is 10.3. The van der Waals surface area contributed by atoms with Crippen molar-refractivity contribution in [1.82, 2.24) is 9.97 Å². The molecule has 0 aliphatic carbocycles. The number of nitrogens with zero attached hydrogens (tertiary/aromatic N) is 3. The fraction of sp³-hybridized carbons (Fsp3) is 0.0909. The van der Waals surface area contributed by atoms with Gasteiger partial charge in [0.15, 0.2) is 0 Å². The highest BCUT2D eigenvalue weighted by atomic mass is 35.5. The van der Waals surface area contributed by atoms with E-state index in [1.54, 1.807) is 0 Å². The lowest BCUT2D eigenvalue weighted by Gasteiger charge is -2.08. The number of aryl methyl sites for hydroxylation is 1. The minimum atomic E-state index is -0.667. The third kappa shape index (κ3) is 2.94. The molecule has 2 rings (SSSR count). The number of benzene rings is 1. The van der Waals surface area contributed by atoms with E-state index in [0.717, 1.165) is 6.07 Å².